The summed E-state index contributed by atoms with van der Waals surface area (Å²) in [7, 11) is 1.63. The molecule has 2 aromatic carbocycles. The van der Waals surface area contributed by atoms with Gasteiger partial charge in [0.1, 0.15) is 5.75 Å². The first-order valence-electron chi connectivity index (χ1n) is 6.80. The second-order valence-electron chi connectivity index (χ2n) is 4.65. The first-order chi connectivity index (χ1) is 10.6. The summed E-state index contributed by atoms with van der Waals surface area (Å²) in [6, 6.07) is 14.9. The van der Waals surface area contributed by atoms with Crippen molar-refractivity contribution in [3.05, 3.63) is 54.1 Å². The van der Waals surface area contributed by atoms with Gasteiger partial charge in [-0.25, -0.2) is 0 Å². The number of carbonyl (C=O) groups is 1. The van der Waals surface area contributed by atoms with Gasteiger partial charge in [-0.1, -0.05) is 12.0 Å². The lowest BCUT2D eigenvalue weighted by Crippen LogP contribution is -2.22. The molecule has 0 aliphatic rings. The largest absolute Gasteiger partial charge is 0.497 e. The van der Waals surface area contributed by atoms with Gasteiger partial charge in [0.25, 0.3) is 0 Å². The number of amides is 1. The number of methoxy groups -OCH3 is 1. The fraction of sp³-hybridized carbons (Fsp3) is 0.167. The number of benzene rings is 2. The van der Waals surface area contributed by atoms with E-state index in [1.54, 1.807) is 13.2 Å². The predicted octanol–water partition coefficient (Wildman–Crippen LogP) is 3.80. The quantitative estimate of drug-likeness (QED) is 0.674. The van der Waals surface area contributed by atoms with E-state index in [0.717, 1.165) is 16.2 Å². The molecule has 0 saturated carbocycles. The van der Waals surface area contributed by atoms with Crippen molar-refractivity contribution < 1.29 is 9.53 Å². The summed E-state index contributed by atoms with van der Waals surface area (Å²) >= 11 is 1.49. The molecular formula is C18H17NO2S. The summed E-state index contributed by atoms with van der Waals surface area (Å²) in [5.74, 6) is 3.29. The molecule has 1 N–H and O–H groups in total. The highest BCUT2D eigenvalue weighted by molar-refractivity contribution is 8.00. The standard InChI is InChI=1S/C18H17NO2S/c1-4-14-6-5-7-15(12-14)19-18(20)13(2)22-17-10-8-16(21-3)9-11-17/h1,5-13H,2-3H3,(H,19,20). The zero-order valence-electron chi connectivity index (χ0n) is 12.5. The van der Waals surface area contributed by atoms with Crippen molar-refractivity contribution >= 4 is 23.4 Å². The Morgan fingerprint density at radius 2 is 2.00 bits per heavy atom. The van der Waals surface area contributed by atoms with Gasteiger partial charge in [0.05, 0.1) is 12.4 Å². The van der Waals surface area contributed by atoms with Gasteiger partial charge in [-0.3, -0.25) is 4.79 Å². The van der Waals surface area contributed by atoms with E-state index in [2.05, 4.69) is 11.2 Å². The van der Waals surface area contributed by atoms with E-state index < -0.39 is 0 Å². The van der Waals surface area contributed by atoms with E-state index in [0.29, 0.717) is 5.69 Å². The van der Waals surface area contributed by atoms with Gasteiger partial charge < -0.3 is 10.1 Å². The van der Waals surface area contributed by atoms with Crippen LogP contribution in [-0.4, -0.2) is 18.3 Å². The number of anilines is 1. The zero-order chi connectivity index (χ0) is 15.9. The van der Waals surface area contributed by atoms with Gasteiger partial charge in [-0.2, -0.15) is 0 Å². The van der Waals surface area contributed by atoms with E-state index in [9.17, 15) is 4.79 Å². The third-order valence-electron chi connectivity index (χ3n) is 3.04. The van der Waals surface area contributed by atoms with Gasteiger partial charge in [0, 0.05) is 16.1 Å². The Balaban J connectivity index is 1.97. The van der Waals surface area contributed by atoms with Crippen molar-refractivity contribution in [1.82, 2.24) is 0 Å². The summed E-state index contributed by atoms with van der Waals surface area (Å²) < 4.78 is 5.12. The Hall–Kier alpha value is -2.38. The Kier molecular flexibility index (Phi) is 5.51. The van der Waals surface area contributed by atoms with Crippen molar-refractivity contribution in [1.29, 1.82) is 0 Å². The first kappa shape index (κ1) is 16.0. The molecule has 1 amide bonds. The van der Waals surface area contributed by atoms with Gasteiger partial charge in [-0.05, 0) is 49.4 Å². The highest BCUT2D eigenvalue weighted by atomic mass is 32.2. The summed E-state index contributed by atoms with van der Waals surface area (Å²) in [4.78, 5) is 13.2. The van der Waals surface area contributed by atoms with Crippen LogP contribution in [0.2, 0.25) is 0 Å². The number of hydrogen-bond acceptors (Lipinski definition) is 3. The van der Waals surface area contributed by atoms with Crippen LogP contribution in [0.15, 0.2) is 53.4 Å². The van der Waals surface area contributed by atoms with E-state index in [4.69, 9.17) is 11.2 Å². The lowest BCUT2D eigenvalue weighted by atomic mass is 10.2. The number of nitrogens with one attached hydrogen (secondary N) is 1. The highest BCUT2D eigenvalue weighted by Crippen LogP contribution is 2.26. The Morgan fingerprint density at radius 1 is 1.27 bits per heavy atom. The monoisotopic (exact) mass is 311 g/mol. The molecule has 0 aliphatic heterocycles. The number of carbonyl (C=O) groups excluding carboxylic acids is 1. The molecule has 0 fully saturated rings. The minimum absolute atomic E-state index is 0.0602. The molecule has 112 valence electrons. The zero-order valence-corrected chi connectivity index (χ0v) is 13.3. The Morgan fingerprint density at radius 3 is 2.64 bits per heavy atom. The van der Waals surface area contributed by atoms with Crippen molar-refractivity contribution in [3.63, 3.8) is 0 Å². The molecular weight excluding hydrogens is 294 g/mol. The fourth-order valence-electron chi connectivity index (χ4n) is 1.84. The minimum Gasteiger partial charge on any atom is -0.497 e. The van der Waals surface area contributed by atoms with E-state index in [1.807, 2.05) is 49.4 Å². The first-order valence-corrected chi connectivity index (χ1v) is 7.68. The molecule has 0 saturated heterocycles. The lowest BCUT2D eigenvalue weighted by molar-refractivity contribution is -0.115. The highest BCUT2D eigenvalue weighted by Gasteiger charge is 2.14. The second kappa shape index (κ2) is 7.58. The number of terminal acetylenes is 1. The molecule has 4 heteroatoms. The van der Waals surface area contributed by atoms with Crippen LogP contribution in [0.3, 0.4) is 0 Å². The molecule has 0 aliphatic carbocycles. The second-order valence-corrected chi connectivity index (χ2v) is 6.06. The topological polar surface area (TPSA) is 38.3 Å². The summed E-state index contributed by atoms with van der Waals surface area (Å²) in [5.41, 5.74) is 1.45. The third-order valence-corrected chi connectivity index (χ3v) is 4.15. The number of thioether (sulfide) groups is 1. The van der Waals surface area contributed by atoms with Crippen LogP contribution in [0.4, 0.5) is 5.69 Å². The molecule has 0 radical (unpaired) electrons. The lowest BCUT2D eigenvalue weighted by Gasteiger charge is -2.12. The minimum atomic E-state index is -0.220. The van der Waals surface area contributed by atoms with Crippen LogP contribution in [0.25, 0.3) is 0 Å². The Labute approximate surface area is 135 Å². The average molecular weight is 311 g/mol. The van der Waals surface area contributed by atoms with Crippen LogP contribution in [0, 0.1) is 12.3 Å². The molecule has 2 rings (SSSR count). The van der Waals surface area contributed by atoms with E-state index in [-0.39, 0.29) is 11.2 Å². The van der Waals surface area contributed by atoms with Gasteiger partial charge in [-0.15, -0.1) is 18.2 Å². The predicted molar refractivity (Wildman–Crippen MR) is 91.3 cm³/mol. The Bertz CT molecular complexity index is 689. The van der Waals surface area contributed by atoms with Crippen molar-refractivity contribution in [2.24, 2.45) is 0 Å². The fourth-order valence-corrected chi connectivity index (χ4v) is 2.71. The maximum Gasteiger partial charge on any atom is 0.237 e. The van der Waals surface area contributed by atoms with Gasteiger partial charge >= 0.3 is 0 Å². The normalized spacial score (nSPS) is 11.3. The third kappa shape index (κ3) is 4.31. The molecule has 1 atom stereocenters. The van der Waals surface area contributed by atoms with Crippen molar-refractivity contribution in [2.45, 2.75) is 17.1 Å². The van der Waals surface area contributed by atoms with Crippen LogP contribution >= 0.6 is 11.8 Å². The van der Waals surface area contributed by atoms with Gasteiger partial charge in [0.15, 0.2) is 0 Å². The molecule has 0 aromatic heterocycles. The molecule has 0 heterocycles. The van der Waals surface area contributed by atoms with Crippen LogP contribution in [-0.2, 0) is 4.79 Å². The van der Waals surface area contributed by atoms with Crippen LogP contribution in [0.1, 0.15) is 12.5 Å². The maximum absolute atomic E-state index is 12.2. The number of hydrogen-bond donors (Lipinski definition) is 1. The molecule has 22 heavy (non-hydrogen) atoms. The molecule has 0 bridgehead atoms. The van der Waals surface area contributed by atoms with E-state index >= 15 is 0 Å². The maximum atomic E-state index is 12.2. The van der Waals surface area contributed by atoms with E-state index in [1.165, 1.54) is 11.8 Å². The van der Waals surface area contributed by atoms with Crippen LogP contribution < -0.4 is 10.1 Å². The number of rotatable bonds is 5. The van der Waals surface area contributed by atoms with Crippen molar-refractivity contribution in [3.8, 4) is 18.1 Å². The SMILES string of the molecule is C#Cc1cccc(NC(=O)C(C)Sc2ccc(OC)cc2)c1. The van der Waals surface area contributed by atoms with Crippen LogP contribution in [0.5, 0.6) is 5.75 Å². The van der Waals surface area contributed by atoms with Crippen molar-refractivity contribution in [2.75, 3.05) is 12.4 Å². The summed E-state index contributed by atoms with van der Waals surface area (Å²) in [6.45, 7) is 1.87. The summed E-state index contributed by atoms with van der Waals surface area (Å²) in [5, 5.41) is 2.66. The number of ether oxygens (including phenoxy) is 1. The molecule has 1 unspecified atom stereocenters. The van der Waals surface area contributed by atoms with Gasteiger partial charge in [0.2, 0.25) is 5.91 Å². The molecule has 3 nitrogen and oxygen atoms in total. The molecule has 2 aromatic rings. The summed E-state index contributed by atoms with van der Waals surface area (Å²) in [6.07, 6.45) is 5.36. The molecule has 0 spiro atoms. The average Bonchev–Trinajstić information content (AvgIpc) is 2.55. The smallest absolute Gasteiger partial charge is 0.237 e.